The molecule has 0 atom stereocenters. The zero-order valence-electron chi connectivity index (χ0n) is 6.04. The molecular formula is C7H12O2S. The van der Waals surface area contributed by atoms with Crippen LogP contribution in [-0.2, 0) is 4.79 Å². The van der Waals surface area contributed by atoms with Crippen molar-refractivity contribution < 1.29 is 9.90 Å². The van der Waals surface area contributed by atoms with Gasteiger partial charge in [-0.2, -0.15) is 11.8 Å². The van der Waals surface area contributed by atoms with Crippen molar-refractivity contribution in [3.8, 4) is 0 Å². The number of hydrogen-bond donors (Lipinski definition) is 1. The second-order valence-electron chi connectivity index (χ2n) is 1.82. The molecule has 0 saturated carbocycles. The van der Waals surface area contributed by atoms with Crippen LogP contribution in [0.25, 0.3) is 0 Å². The lowest BCUT2D eigenvalue weighted by atomic mass is 10.5. The Morgan fingerprint density at radius 2 is 2.40 bits per heavy atom. The van der Waals surface area contributed by atoms with Gasteiger partial charge in [0.1, 0.15) is 0 Å². The first-order valence-corrected chi connectivity index (χ1v) is 4.40. The first-order chi connectivity index (χ1) is 4.77. The molecule has 0 bridgehead atoms. The summed E-state index contributed by atoms with van der Waals surface area (Å²) < 4.78 is 0. The molecule has 0 aliphatic heterocycles. The maximum atomic E-state index is 9.94. The van der Waals surface area contributed by atoms with Crippen LogP contribution in [0, 0.1) is 0 Å². The van der Waals surface area contributed by atoms with Crippen molar-refractivity contribution in [1.82, 2.24) is 0 Å². The molecule has 0 amide bonds. The van der Waals surface area contributed by atoms with Crippen molar-refractivity contribution in [2.75, 3.05) is 11.5 Å². The Kier molecular flexibility index (Phi) is 6.38. The number of carbonyl (C=O) groups is 1. The van der Waals surface area contributed by atoms with E-state index in [2.05, 4.69) is 6.92 Å². The minimum atomic E-state index is -0.864. The molecule has 0 saturated heterocycles. The number of hydrogen-bond acceptors (Lipinski definition) is 2. The zero-order chi connectivity index (χ0) is 7.82. The average Bonchev–Trinajstić information content (AvgIpc) is 1.87. The van der Waals surface area contributed by atoms with Crippen LogP contribution in [0.4, 0.5) is 0 Å². The smallest absolute Gasteiger partial charge is 0.328 e. The fourth-order valence-corrected chi connectivity index (χ4v) is 1.13. The standard InChI is InChI=1S/C7H12O2S/c1-2-5-10-6-3-4-7(8)9/h3-4H,2,5-6H2,1H3,(H,8,9). The highest BCUT2D eigenvalue weighted by atomic mass is 32.2. The zero-order valence-corrected chi connectivity index (χ0v) is 6.86. The van der Waals surface area contributed by atoms with E-state index in [1.54, 1.807) is 17.8 Å². The molecule has 58 valence electrons. The minimum absolute atomic E-state index is 0.806. The van der Waals surface area contributed by atoms with E-state index < -0.39 is 5.97 Å². The average molecular weight is 160 g/mol. The van der Waals surface area contributed by atoms with Crippen molar-refractivity contribution in [2.45, 2.75) is 13.3 Å². The fourth-order valence-electron chi connectivity index (χ4n) is 0.445. The fraction of sp³-hybridized carbons (Fsp3) is 0.571. The monoisotopic (exact) mass is 160 g/mol. The van der Waals surface area contributed by atoms with Gasteiger partial charge in [0.05, 0.1) is 0 Å². The predicted molar refractivity (Wildman–Crippen MR) is 44.4 cm³/mol. The molecular weight excluding hydrogens is 148 g/mol. The van der Waals surface area contributed by atoms with Gasteiger partial charge in [0.15, 0.2) is 0 Å². The molecule has 0 rings (SSSR count). The van der Waals surface area contributed by atoms with E-state index in [1.807, 2.05) is 0 Å². The van der Waals surface area contributed by atoms with Crippen molar-refractivity contribution in [2.24, 2.45) is 0 Å². The predicted octanol–water partition coefficient (Wildman–Crippen LogP) is 1.77. The molecule has 0 unspecified atom stereocenters. The molecule has 0 aliphatic rings. The summed E-state index contributed by atoms with van der Waals surface area (Å²) in [5.74, 6) is 1.04. The second kappa shape index (κ2) is 6.68. The Bertz CT molecular complexity index is 121. The topological polar surface area (TPSA) is 37.3 Å². The van der Waals surface area contributed by atoms with Crippen molar-refractivity contribution in [1.29, 1.82) is 0 Å². The Labute approximate surface area is 65.3 Å². The van der Waals surface area contributed by atoms with Crippen LogP contribution in [0.15, 0.2) is 12.2 Å². The summed E-state index contributed by atoms with van der Waals surface area (Å²) in [7, 11) is 0. The first kappa shape index (κ1) is 9.56. The highest BCUT2D eigenvalue weighted by Gasteiger charge is 1.84. The van der Waals surface area contributed by atoms with Crippen LogP contribution < -0.4 is 0 Å². The molecule has 0 aromatic rings. The molecule has 2 nitrogen and oxygen atoms in total. The molecule has 10 heavy (non-hydrogen) atoms. The Morgan fingerprint density at radius 3 is 2.90 bits per heavy atom. The van der Waals surface area contributed by atoms with Gasteiger partial charge < -0.3 is 5.11 Å². The number of rotatable bonds is 5. The molecule has 1 N–H and O–H groups in total. The van der Waals surface area contributed by atoms with Gasteiger partial charge in [-0.3, -0.25) is 0 Å². The molecule has 0 heterocycles. The highest BCUT2D eigenvalue weighted by Crippen LogP contribution is 2.01. The van der Waals surface area contributed by atoms with E-state index in [1.165, 1.54) is 6.08 Å². The van der Waals surface area contributed by atoms with E-state index in [9.17, 15) is 4.79 Å². The lowest BCUT2D eigenvalue weighted by Gasteiger charge is -1.90. The maximum absolute atomic E-state index is 9.94. The van der Waals surface area contributed by atoms with Crippen LogP contribution in [0.3, 0.4) is 0 Å². The number of carboxylic acids is 1. The normalized spacial score (nSPS) is 10.5. The molecule has 0 aliphatic carbocycles. The summed E-state index contributed by atoms with van der Waals surface area (Å²) in [5, 5.41) is 8.17. The number of carboxylic acid groups (broad SMARTS) is 1. The van der Waals surface area contributed by atoms with Gasteiger partial charge in [-0.05, 0) is 12.2 Å². The molecule has 0 aromatic carbocycles. The van der Waals surface area contributed by atoms with Gasteiger partial charge >= 0.3 is 5.97 Å². The summed E-state index contributed by atoms with van der Waals surface area (Å²) in [6.45, 7) is 2.11. The van der Waals surface area contributed by atoms with Crippen LogP contribution in [0.1, 0.15) is 13.3 Å². The molecule has 0 radical (unpaired) electrons. The second-order valence-corrected chi connectivity index (χ2v) is 2.97. The molecule has 0 aromatic heterocycles. The van der Waals surface area contributed by atoms with E-state index in [4.69, 9.17) is 5.11 Å². The third-order valence-electron chi connectivity index (χ3n) is 0.823. The summed E-state index contributed by atoms with van der Waals surface area (Å²) in [5.41, 5.74) is 0. The van der Waals surface area contributed by atoms with Crippen molar-refractivity contribution >= 4 is 17.7 Å². The van der Waals surface area contributed by atoms with Gasteiger partial charge in [0.2, 0.25) is 0 Å². The lowest BCUT2D eigenvalue weighted by molar-refractivity contribution is -0.131. The number of thioether (sulfide) groups is 1. The van der Waals surface area contributed by atoms with Crippen LogP contribution in [0.2, 0.25) is 0 Å². The van der Waals surface area contributed by atoms with Gasteiger partial charge in [0.25, 0.3) is 0 Å². The van der Waals surface area contributed by atoms with Crippen LogP contribution >= 0.6 is 11.8 Å². The summed E-state index contributed by atoms with van der Waals surface area (Å²) in [6.07, 6.45) is 4.00. The highest BCUT2D eigenvalue weighted by molar-refractivity contribution is 7.99. The van der Waals surface area contributed by atoms with Crippen molar-refractivity contribution in [3.63, 3.8) is 0 Å². The van der Waals surface area contributed by atoms with Gasteiger partial charge in [0, 0.05) is 11.8 Å². The van der Waals surface area contributed by atoms with E-state index in [0.717, 1.165) is 17.9 Å². The Hall–Kier alpha value is -0.440. The first-order valence-electron chi connectivity index (χ1n) is 3.24. The molecule has 0 spiro atoms. The molecule has 0 fully saturated rings. The van der Waals surface area contributed by atoms with Gasteiger partial charge in [-0.15, -0.1) is 0 Å². The minimum Gasteiger partial charge on any atom is -0.478 e. The Morgan fingerprint density at radius 1 is 1.70 bits per heavy atom. The number of aliphatic carboxylic acids is 1. The maximum Gasteiger partial charge on any atom is 0.328 e. The lowest BCUT2D eigenvalue weighted by Crippen LogP contribution is -1.86. The van der Waals surface area contributed by atoms with E-state index >= 15 is 0 Å². The Balaban J connectivity index is 3.10. The summed E-state index contributed by atoms with van der Waals surface area (Å²) in [6, 6.07) is 0. The van der Waals surface area contributed by atoms with E-state index in [-0.39, 0.29) is 0 Å². The van der Waals surface area contributed by atoms with Crippen LogP contribution in [0.5, 0.6) is 0 Å². The summed E-state index contributed by atoms with van der Waals surface area (Å²) >= 11 is 1.75. The van der Waals surface area contributed by atoms with Gasteiger partial charge in [-0.25, -0.2) is 4.79 Å². The quantitative estimate of drug-likeness (QED) is 0.492. The van der Waals surface area contributed by atoms with Crippen molar-refractivity contribution in [3.05, 3.63) is 12.2 Å². The van der Waals surface area contributed by atoms with Crippen LogP contribution in [-0.4, -0.2) is 22.6 Å². The van der Waals surface area contributed by atoms with E-state index in [0.29, 0.717) is 0 Å². The third kappa shape index (κ3) is 7.56. The third-order valence-corrected chi connectivity index (χ3v) is 1.95. The van der Waals surface area contributed by atoms with Gasteiger partial charge in [-0.1, -0.05) is 13.0 Å². The largest absolute Gasteiger partial charge is 0.478 e. The summed E-state index contributed by atoms with van der Waals surface area (Å²) in [4.78, 5) is 9.94. The SMILES string of the molecule is CCCSCC=CC(=O)O. The molecule has 3 heteroatoms.